The Morgan fingerprint density at radius 1 is 1.19 bits per heavy atom. The Bertz CT molecular complexity index is 1610. The van der Waals surface area contributed by atoms with Gasteiger partial charge in [-0.2, -0.15) is 18.2 Å². The van der Waals surface area contributed by atoms with Crippen LogP contribution in [-0.4, -0.2) is 64.5 Å². The van der Waals surface area contributed by atoms with Crippen LogP contribution in [0.1, 0.15) is 32.4 Å². The maximum atomic E-state index is 15.1. The predicted octanol–water partition coefficient (Wildman–Crippen LogP) is 5.66. The number of alkyl halides is 3. The highest BCUT2D eigenvalue weighted by atomic mass is 32.2. The first-order valence-corrected chi connectivity index (χ1v) is 14.4. The number of nitrogens with zero attached hydrogens (tertiary/aromatic N) is 4. The van der Waals surface area contributed by atoms with Crippen molar-refractivity contribution >= 4 is 34.4 Å². The van der Waals surface area contributed by atoms with Crippen molar-refractivity contribution in [3.05, 3.63) is 64.6 Å². The molecule has 0 spiro atoms. The lowest BCUT2D eigenvalue weighted by Crippen LogP contribution is -2.58. The van der Waals surface area contributed by atoms with Gasteiger partial charge in [-0.3, -0.25) is 9.36 Å². The van der Waals surface area contributed by atoms with Gasteiger partial charge in [-0.15, -0.1) is 11.8 Å². The lowest BCUT2D eigenvalue weighted by atomic mass is 9.95. The molecule has 42 heavy (non-hydrogen) atoms. The summed E-state index contributed by atoms with van der Waals surface area (Å²) in [7, 11) is 0. The lowest BCUT2D eigenvalue weighted by Gasteiger charge is -2.45. The third-order valence-corrected chi connectivity index (χ3v) is 8.84. The summed E-state index contributed by atoms with van der Waals surface area (Å²) in [6.07, 6.45) is -3.71. The molecule has 1 aromatic heterocycles. The van der Waals surface area contributed by atoms with Crippen molar-refractivity contribution in [2.45, 2.75) is 50.0 Å². The normalized spacial score (nSPS) is 20.7. The van der Waals surface area contributed by atoms with Crippen LogP contribution in [0.25, 0.3) is 22.0 Å². The number of carbonyl (C=O) groups excluding carboxylic acids is 1. The number of ether oxygens (including phenoxy) is 1. The Kier molecular flexibility index (Phi) is 8.10. The summed E-state index contributed by atoms with van der Waals surface area (Å²) in [5.74, 6) is -2.13. The van der Waals surface area contributed by atoms with E-state index in [9.17, 15) is 27.2 Å². The topological polar surface area (TPSA) is 67.7 Å². The summed E-state index contributed by atoms with van der Waals surface area (Å²) >= 11 is 1.07. The summed E-state index contributed by atoms with van der Waals surface area (Å²) in [6, 6.07) is 2.06. The molecule has 2 aliphatic heterocycles. The van der Waals surface area contributed by atoms with Gasteiger partial charge in [0.25, 0.3) is 0 Å². The maximum absolute atomic E-state index is 15.1. The molecule has 1 saturated heterocycles. The molecule has 2 aromatic carbocycles. The third-order valence-electron chi connectivity index (χ3n) is 7.60. The molecular weight excluding hydrogens is 579 g/mol. The molecule has 224 valence electrons. The molecule has 3 heterocycles. The molecule has 1 fully saturated rings. The van der Waals surface area contributed by atoms with E-state index in [0.29, 0.717) is 12.7 Å². The summed E-state index contributed by atoms with van der Waals surface area (Å²) in [4.78, 5) is 33.8. The van der Waals surface area contributed by atoms with Crippen molar-refractivity contribution < 1.29 is 31.5 Å². The largest absolute Gasteiger partial charge is 0.417 e. The fraction of sp³-hybridized carbons (Fsp3) is 0.414. The molecule has 0 radical (unpaired) electrons. The molecule has 0 unspecified atom stereocenters. The third kappa shape index (κ3) is 5.17. The monoisotopic (exact) mass is 608 g/mol. The molecule has 0 N–H and O–H groups in total. The molecular formula is C29H29F5N4O3S. The number of carbonyl (C=O) groups is 1. The van der Waals surface area contributed by atoms with Gasteiger partial charge in [0.05, 0.1) is 23.7 Å². The minimum atomic E-state index is -4.92. The predicted molar refractivity (Wildman–Crippen MR) is 151 cm³/mol. The standard InChI is InChI=1S/C29H29F5N4O3S/c1-5-23(39)37-15(3)11-36(12-16(37)4)27-20-10-21(29(32,33)34)24(19-8-7-17(30)9-22(19)31)26-25(20)38(28(40)35-27)18(14-42-26)13-41-6-2/h5,7-10,15-16,18H,1,6,11-14H2,2-4H3/t15-,16+,18-/m0/s1. The Balaban J connectivity index is 1.82. The number of rotatable bonds is 6. The Morgan fingerprint density at radius 2 is 1.88 bits per heavy atom. The van der Waals surface area contributed by atoms with E-state index >= 15 is 4.39 Å². The van der Waals surface area contributed by atoms with E-state index in [0.717, 1.165) is 30.0 Å². The number of thioether (sulfide) groups is 1. The van der Waals surface area contributed by atoms with Crippen LogP contribution in [0.5, 0.6) is 0 Å². The SMILES string of the molecule is C=CC(=O)N1[C@H](C)CN(c2nc(=O)n3c4c(c(-c5ccc(F)cc5F)c(C(F)(F)F)cc24)SC[C@@H]3COCC)C[C@@H]1C. The minimum absolute atomic E-state index is 0.0474. The van der Waals surface area contributed by atoms with E-state index in [1.165, 1.54) is 10.6 Å². The first-order chi connectivity index (χ1) is 19.9. The molecule has 0 aliphatic carbocycles. The maximum Gasteiger partial charge on any atom is 0.417 e. The minimum Gasteiger partial charge on any atom is -0.380 e. The quantitative estimate of drug-likeness (QED) is 0.266. The molecule has 3 atom stereocenters. The zero-order valence-electron chi connectivity index (χ0n) is 23.2. The number of anilines is 1. The number of halogens is 5. The summed E-state index contributed by atoms with van der Waals surface area (Å²) in [6.45, 7) is 9.82. The first-order valence-electron chi connectivity index (χ1n) is 13.4. The van der Waals surface area contributed by atoms with E-state index in [-0.39, 0.29) is 65.1 Å². The zero-order valence-corrected chi connectivity index (χ0v) is 24.0. The average Bonchev–Trinajstić information content (AvgIpc) is 2.92. The highest BCUT2D eigenvalue weighted by Crippen LogP contribution is 2.50. The van der Waals surface area contributed by atoms with Crippen molar-refractivity contribution in [2.75, 3.05) is 37.0 Å². The number of amides is 1. The Morgan fingerprint density at radius 3 is 2.48 bits per heavy atom. The van der Waals surface area contributed by atoms with E-state index in [1.807, 2.05) is 0 Å². The van der Waals surface area contributed by atoms with Gasteiger partial charge in [0, 0.05) is 65.0 Å². The zero-order chi connectivity index (χ0) is 30.5. The van der Waals surface area contributed by atoms with Gasteiger partial charge < -0.3 is 14.5 Å². The fourth-order valence-corrected chi connectivity index (χ4v) is 7.24. The number of aromatic nitrogens is 2. The van der Waals surface area contributed by atoms with Crippen LogP contribution < -0.4 is 10.6 Å². The van der Waals surface area contributed by atoms with Gasteiger partial charge in [-0.05, 0) is 45.0 Å². The highest BCUT2D eigenvalue weighted by Gasteiger charge is 2.41. The summed E-state index contributed by atoms with van der Waals surface area (Å²) in [5.41, 5.74) is -2.50. The van der Waals surface area contributed by atoms with Gasteiger partial charge in [0.2, 0.25) is 5.91 Å². The highest BCUT2D eigenvalue weighted by molar-refractivity contribution is 7.99. The average molecular weight is 609 g/mol. The van der Waals surface area contributed by atoms with Crippen LogP contribution in [0, 0.1) is 11.6 Å². The molecule has 5 rings (SSSR count). The van der Waals surface area contributed by atoms with Crippen molar-refractivity contribution in [1.82, 2.24) is 14.5 Å². The smallest absolute Gasteiger partial charge is 0.380 e. The van der Waals surface area contributed by atoms with E-state index in [2.05, 4.69) is 11.6 Å². The molecule has 7 nitrogen and oxygen atoms in total. The number of hydrogen-bond acceptors (Lipinski definition) is 6. The fourth-order valence-electron chi connectivity index (χ4n) is 5.93. The van der Waals surface area contributed by atoms with Gasteiger partial charge in [0.1, 0.15) is 17.5 Å². The second-order valence-corrected chi connectivity index (χ2v) is 11.4. The molecule has 2 aliphatic rings. The van der Waals surface area contributed by atoms with Crippen LogP contribution in [0.3, 0.4) is 0 Å². The second kappa shape index (κ2) is 11.3. The van der Waals surface area contributed by atoms with Crippen LogP contribution in [0.4, 0.5) is 27.8 Å². The molecule has 1 amide bonds. The molecule has 0 saturated carbocycles. The molecule has 3 aromatic rings. The van der Waals surface area contributed by atoms with Gasteiger partial charge in [-0.25, -0.2) is 13.6 Å². The van der Waals surface area contributed by atoms with E-state index in [1.54, 1.807) is 30.6 Å². The van der Waals surface area contributed by atoms with Crippen molar-refractivity contribution in [1.29, 1.82) is 0 Å². The second-order valence-electron chi connectivity index (χ2n) is 10.4. The number of hydrogen-bond donors (Lipinski definition) is 0. The van der Waals surface area contributed by atoms with Crippen molar-refractivity contribution in [2.24, 2.45) is 0 Å². The van der Waals surface area contributed by atoms with Crippen molar-refractivity contribution in [3.8, 4) is 11.1 Å². The van der Waals surface area contributed by atoms with Crippen LogP contribution in [0.2, 0.25) is 0 Å². The Labute approximate surface area is 242 Å². The number of piperazine rings is 1. The van der Waals surface area contributed by atoms with E-state index in [4.69, 9.17) is 4.74 Å². The van der Waals surface area contributed by atoms with E-state index < -0.39 is 46.2 Å². The van der Waals surface area contributed by atoms with Crippen LogP contribution in [-0.2, 0) is 15.7 Å². The van der Waals surface area contributed by atoms with Crippen LogP contribution in [0.15, 0.2) is 46.6 Å². The summed E-state index contributed by atoms with van der Waals surface area (Å²) < 4.78 is 80.0. The van der Waals surface area contributed by atoms with Gasteiger partial charge >= 0.3 is 11.9 Å². The van der Waals surface area contributed by atoms with Gasteiger partial charge in [-0.1, -0.05) is 6.58 Å². The first kappa shape index (κ1) is 30.0. The molecule has 13 heteroatoms. The van der Waals surface area contributed by atoms with Crippen molar-refractivity contribution in [3.63, 3.8) is 0 Å². The summed E-state index contributed by atoms with van der Waals surface area (Å²) in [5, 5.41) is 0.0693. The lowest BCUT2D eigenvalue weighted by molar-refractivity contribution is -0.137. The number of benzene rings is 2. The Hall–Kier alpha value is -3.45. The van der Waals surface area contributed by atoms with Gasteiger partial charge in [0.15, 0.2) is 0 Å². The molecule has 0 bridgehead atoms. The van der Waals surface area contributed by atoms with Crippen LogP contribution >= 0.6 is 11.8 Å².